The predicted molar refractivity (Wildman–Crippen MR) is 135 cm³/mol. The molecule has 0 radical (unpaired) electrons. The third kappa shape index (κ3) is 4.38. The van der Waals surface area contributed by atoms with Crippen LogP contribution in [0.1, 0.15) is 30.0 Å². The molecule has 2 heterocycles. The Hall–Kier alpha value is -4.10. The number of aryl methyl sites for hydroxylation is 1. The Morgan fingerprint density at radius 2 is 1.83 bits per heavy atom. The van der Waals surface area contributed by atoms with Gasteiger partial charge in [0.25, 0.3) is 5.89 Å². The van der Waals surface area contributed by atoms with E-state index < -0.39 is 6.04 Å². The molecule has 0 bridgehead atoms. The van der Waals surface area contributed by atoms with Gasteiger partial charge in [0.05, 0.1) is 24.4 Å². The highest BCUT2D eigenvalue weighted by molar-refractivity contribution is 6.30. The van der Waals surface area contributed by atoms with Crippen LogP contribution in [0, 0.1) is 6.92 Å². The second-order valence-corrected chi connectivity index (χ2v) is 8.70. The van der Waals surface area contributed by atoms with Crippen molar-refractivity contribution in [3.05, 3.63) is 101 Å². The minimum Gasteiger partial charge on any atom is -0.497 e. The summed E-state index contributed by atoms with van der Waals surface area (Å²) < 4.78 is 11.1. The van der Waals surface area contributed by atoms with Crippen LogP contribution in [0.2, 0.25) is 5.02 Å². The number of anilines is 1. The molecule has 5 rings (SSSR count). The first-order valence-corrected chi connectivity index (χ1v) is 11.4. The van der Waals surface area contributed by atoms with E-state index in [9.17, 15) is 4.79 Å². The molecule has 4 aromatic rings. The lowest BCUT2D eigenvalue weighted by Gasteiger charge is -2.35. The number of halogens is 1. The Morgan fingerprint density at radius 1 is 1.03 bits per heavy atom. The molecule has 1 atom stereocenters. The fraction of sp³-hybridized carbons (Fsp3) is 0.148. The number of aromatic nitrogens is 2. The number of carbonyl (C=O) groups excluding carboxylic acids is 1. The molecule has 2 amide bonds. The van der Waals surface area contributed by atoms with Crippen molar-refractivity contribution < 1.29 is 14.1 Å². The average molecular weight is 487 g/mol. The first-order valence-electron chi connectivity index (χ1n) is 11.1. The number of nitrogens with zero attached hydrogens (tertiary/aromatic N) is 3. The summed E-state index contributed by atoms with van der Waals surface area (Å²) in [6, 6.07) is 21.8. The molecular weight excluding hydrogens is 464 g/mol. The molecule has 0 saturated heterocycles. The van der Waals surface area contributed by atoms with E-state index in [4.69, 9.17) is 25.8 Å². The van der Waals surface area contributed by atoms with Crippen LogP contribution < -0.4 is 15.0 Å². The van der Waals surface area contributed by atoms with Crippen LogP contribution in [0.25, 0.3) is 17.0 Å². The van der Waals surface area contributed by atoms with Crippen molar-refractivity contribution >= 4 is 28.9 Å². The van der Waals surface area contributed by atoms with Crippen LogP contribution in [-0.4, -0.2) is 23.3 Å². The largest absolute Gasteiger partial charge is 0.497 e. The molecule has 0 aliphatic carbocycles. The second kappa shape index (κ2) is 9.27. The summed E-state index contributed by atoms with van der Waals surface area (Å²) in [7, 11) is 1.61. The number of urea groups is 1. The average Bonchev–Trinajstić information content (AvgIpc) is 3.33. The molecule has 0 spiro atoms. The van der Waals surface area contributed by atoms with Crippen molar-refractivity contribution in [2.45, 2.75) is 19.9 Å². The van der Waals surface area contributed by atoms with E-state index in [-0.39, 0.29) is 6.03 Å². The van der Waals surface area contributed by atoms with E-state index in [2.05, 4.69) is 10.5 Å². The number of hydrogen-bond acceptors (Lipinski definition) is 5. The van der Waals surface area contributed by atoms with Crippen molar-refractivity contribution in [1.82, 2.24) is 15.5 Å². The Bertz CT molecular complexity index is 1450. The molecule has 1 N–H and O–H groups in total. The number of hydrogen-bond donors (Lipinski definition) is 1. The standard InChI is InChI=1S/C27H23ClN4O3/c1-16-7-4-11-21(13-16)32-17(2)23(24(29-27(32)33)18-8-5-10-20(28)14-18)26-30-25(31-35-26)19-9-6-12-22(15-19)34-3/h4-15,24H,1-3H3,(H,29,33). The van der Waals surface area contributed by atoms with E-state index in [0.29, 0.717) is 33.8 Å². The van der Waals surface area contributed by atoms with Gasteiger partial charge in [-0.3, -0.25) is 4.90 Å². The lowest BCUT2D eigenvalue weighted by molar-refractivity contribution is 0.244. The molecule has 0 saturated carbocycles. The Kier molecular flexibility index (Phi) is 6.01. The SMILES string of the molecule is COc1cccc(-c2noc(C3=C(C)N(c4cccc(C)c4)C(=O)NC3c3cccc(Cl)c3)n2)c1. The van der Waals surface area contributed by atoms with Gasteiger partial charge in [0.15, 0.2) is 0 Å². The van der Waals surface area contributed by atoms with Crippen LogP contribution in [-0.2, 0) is 0 Å². The Morgan fingerprint density at radius 3 is 2.60 bits per heavy atom. The first-order chi connectivity index (χ1) is 16.9. The highest BCUT2D eigenvalue weighted by atomic mass is 35.5. The maximum Gasteiger partial charge on any atom is 0.326 e. The summed E-state index contributed by atoms with van der Waals surface area (Å²) in [5.41, 5.74) is 4.73. The van der Waals surface area contributed by atoms with Gasteiger partial charge in [-0.15, -0.1) is 0 Å². The number of nitrogens with one attached hydrogen (secondary N) is 1. The third-order valence-corrected chi connectivity index (χ3v) is 6.15. The zero-order valence-corrected chi connectivity index (χ0v) is 20.2. The van der Waals surface area contributed by atoms with Gasteiger partial charge in [-0.1, -0.05) is 53.2 Å². The minimum atomic E-state index is -0.527. The number of methoxy groups -OCH3 is 1. The molecule has 176 valence electrons. The zero-order chi connectivity index (χ0) is 24.5. The highest BCUT2D eigenvalue weighted by Crippen LogP contribution is 2.39. The van der Waals surface area contributed by atoms with Gasteiger partial charge in [0.1, 0.15) is 5.75 Å². The molecule has 8 heteroatoms. The summed E-state index contributed by atoms with van der Waals surface area (Å²) in [5, 5.41) is 7.88. The summed E-state index contributed by atoms with van der Waals surface area (Å²) in [5.74, 6) is 1.42. The van der Waals surface area contributed by atoms with Gasteiger partial charge in [-0.2, -0.15) is 4.98 Å². The second-order valence-electron chi connectivity index (χ2n) is 8.27. The summed E-state index contributed by atoms with van der Waals surface area (Å²) >= 11 is 6.28. The van der Waals surface area contributed by atoms with Gasteiger partial charge in [-0.05, 0) is 61.4 Å². The number of rotatable bonds is 5. The van der Waals surface area contributed by atoms with Crippen molar-refractivity contribution in [3.63, 3.8) is 0 Å². The van der Waals surface area contributed by atoms with Crippen LogP contribution in [0.5, 0.6) is 5.75 Å². The van der Waals surface area contributed by atoms with Crippen molar-refractivity contribution in [3.8, 4) is 17.1 Å². The van der Waals surface area contributed by atoms with E-state index in [1.54, 1.807) is 18.1 Å². The van der Waals surface area contributed by atoms with Gasteiger partial charge in [-0.25, -0.2) is 4.79 Å². The lowest BCUT2D eigenvalue weighted by Crippen LogP contribution is -2.46. The topological polar surface area (TPSA) is 80.5 Å². The third-order valence-electron chi connectivity index (χ3n) is 5.91. The quantitative estimate of drug-likeness (QED) is 0.352. The first kappa shape index (κ1) is 22.7. The van der Waals surface area contributed by atoms with E-state index >= 15 is 0 Å². The van der Waals surface area contributed by atoms with E-state index in [0.717, 1.165) is 22.4 Å². The molecule has 7 nitrogen and oxygen atoms in total. The molecule has 3 aromatic carbocycles. The number of allylic oxidation sites excluding steroid dienone is 1. The van der Waals surface area contributed by atoms with Crippen LogP contribution in [0.3, 0.4) is 0 Å². The number of amides is 2. The minimum absolute atomic E-state index is 0.255. The maximum absolute atomic E-state index is 13.3. The Labute approximate surface area is 208 Å². The smallest absolute Gasteiger partial charge is 0.326 e. The number of benzene rings is 3. The summed E-state index contributed by atoms with van der Waals surface area (Å²) in [4.78, 5) is 19.6. The number of carbonyl (C=O) groups is 1. The molecule has 35 heavy (non-hydrogen) atoms. The maximum atomic E-state index is 13.3. The number of ether oxygens (including phenoxy) is 1. The van der Waals surface area contributed by atoms with Crippen LogP contribution in [0.15, 0.2) is 83.0 Å². The van der Waals surface area contributed by atoms with Crippen molar-refractivity contribution in [2.24, 2.45) is 0 Å². The fourth-order valence-electron chi connectivity index (χ4n) is 4.25. The van der Waals surface area contributed by atoms with Gasteiger partial charge >= 0.3 is 6.03 Å². The summed E-state index contributed by atoms with van der Waals surface area (Å²) in [6.07, 6.45) is 0. The van der Waals surface area contributed by atoms with Gasteiger partial charge in [0.2, 0.25) is 5.82 Å². The van der Waals surface area contributed by atoms with Crippen molar-refractivity contribution in [1.29, 1.82) is 0 Å². The molecular formula is C27H23ClN4O3. The molecule has 1 aliphatic rings. The van der Waals surface area contributed by atoms with Crippen LogP contribution >= 0.6 is 11.6 Å². The zero-order valence-electron chi connectivity index (χ0n) is 19.4. The predicted octanol–water partition coefficient (Wildman–Crippen LogP) is 6.41. The van der Waals surface area contributed by atoms with Crippen molar-refractivity contribution in [2.75, 3.05) is 12.0 Å². The summed E-state index contributed by atoms with van der Waals surface area (Å²) in [6.45, 7) is 3.86. The van der Waals surface area contributed by atoms with E-state index in [1.807, 2.05) is 80.6 Å². The monoisotopic (exact) mass is 486 g/mol. The Balaban J connectivity index is 1.66. The molecule has 1 unspecified atom stereocenters. The van der Waals surface area contributed by atoms with Gasteiger partial charge < -0.3 is 14.6 Å². The normalized spacial score (nSPS) is 15.8. The van der Waals surface area contributed by atoms with E-state index in [1.165, 1.54) is 0 Å². The molecule has 0 fully saturated rings. The van der Waals surface area contributed by atoms with Crippen LogP contribution in [0.4, 0.5) is 10.5 Å². The molecule has 1 aromatic heterocycles. The lowest BCUT2D eigenvalue weighted by atomic mass is 9.94. The molecule has 1 aliphatic heterocycles. The fourth-order valence-corrected chi connectivity index (χ4v) is 4.45. The highest BCUT2D eigenvalue weighted by Gasteiger charge is 2.36. The van der Waals surface area contributed by atoms with Gasteiger partial charge in [0, 0.05) is 16.3 Å².